The second kappa shape index (κ2) is 5.62. The molecule has 0 aromatic carbocycles. The lowest BCUT2D eigenvalue weighted by Crippen LogP contribution is -2.30. The van der Waals surface area contributed by atoms with E-state index in [4.69, 9.17) is 0 Å². The molecule has 0 saturated heterocycles. The molecule has 4 nitrogen and oxygen atoms in total. The minimum absolute atomic E-state index is 0.163. The zero-order valence-electron chi connectivity index (χ0n) is 8.54. The van der Waals surface area contributed by atoms with E-state index in [0.717, 1.165) is 0 Å². The Bertz CT molecular complexity index is 209. The Labute approximate surface area is 84.0 Å². The van der Waals surface area contributed by atoms with Gasteiger partial charge in [-0.1, -0.05) is 12.8 Å². The first-order valence-corrected chi connectivity index (χ1v) is 5.06. The van der Waals surface area contributed by atoms with Gasteiger partial charge in [-0.05, 0) is 18.8 Å². The van der Waals surface area contributed by atoms with Gasteiger partial charge in [-0.3, -0.25) is 9.59 Å². The standard InChI is InChI=1S/C10H17NO3/c1-14-10(13)6-9(12)11-7-8-4-2-3-5-8/h8H,2-7H2,1H3,(H,11,12). The summed E-state index contributed by atoms with van der Waals surface area (Å²) in [6.07, 6.45) is 4.75. The van der Waals surface area contributed by atoms with Gasteiger partial charge in [0.25, 0.3) is 0 Å². The maximum atomic E-state index is 11.2. The van der Waals surface area contributed by atoms with Crippen molar-refractivity contribution in [2.24, 2.45) is 5.92 Å². The Balaban J connectivity index is 2.11. The molecule has 0 aliphatic heterocycles. The van der Waals surface area contributed by atoms with Gasteiger partial charge < -0.3 is 10.1 Å². The monoisotopic (exact) mass is 199 g/mol. The fraction of sp³-hybridized carbons (Fsp3) is 0.800. The predicted molar refractivity (Wildman–Crippen MR) is 51.6 cm³/mol. The van der Waals surface area contributed by atoms with Crippen molar-refractivity contribution in [3.8, 4) is 0 Å². The van der Waals surface area contributed by atoms with E-state index in [1.165, 1.54) is 32.8 Å². The van der Waals surface area contributed by atoms with E-state index in [-0.39, 0.29) is 12.3 Å². The second-order valence-electron chi connectivity index (χ2n) is 3.71. The normalized spacial score (nSPS) is 16.6. The highest BCUT2D eigenvalue weighted by molar-refractivity contribution is 5.94. The van der Waals surface area contributed by atoms with Crippen LogP contribution in [0.1, 0.15) is 32.1 Å². The minimum atomic E-state index is -0.478. The number of hydrogen-bond donors (Lipinski definition) is 1. The average molecular weight is 199 g/mol. The largest absolute Gasteiger partial charge is 0.469 e. The molecule has 1 N–H and O–H groups in total. The van der Waals surface area contributed by atoms with Crippen molar-refractivity contribution in [3.05, 3.63) is 0 Å². The molecule has 0 unspecified atom stereocenters. The number of carbonyl (C=O) groups excluding carboxylic acids is 2. The van der Waals surface area contributed by atoms with Crippen LogP contribution in [0.3, 0.4) is 0 Å². The predicted octanol–water partition coefficient (Wildman–Crippen LogP) is 0.856. The van der Waals surface area contributed by atoms with E-state index in [2.05, 4.69) is 10.1 Å². The third-order valence-corrected chi connectivity index (χ3v) is 2.60. The number of esters is 1. The van der Waals surface area contributed by atoms with E-state index >= 15 is 0 Å². The first kappa shape index (κ1) is 11.0. The average Bonchev–Trinajstić information content (AvgIpc) is 2.67. The van der Waals surface area contributed by atoms with Crippen molar-refractivity contribution in [3.63, 3.8) is 0 Å². The molecule has 1 amide bonds. The van der Waals surface area contributed by atoms with Crippen molar-refractivity contribution in [2.45, 2.75) is 32.1 Å². The van der Waals surface area contributed by atoms with Gasteiger partial charge in [0.15, 0.2) is 0 Å². The number of ether oxygens (including phenoxy) is 1. The number of carbonyl (C=O) groups is 2. The maximum absolute atomic E-state index is 11.2. The van der Waals surface area contributed by atoms with Gasteiger partial charge >= 0.3 is 5.97 Å². The van der Waals surface area contributed by atoms with E-state index in [9.17, 15) is 9.59 Å². The number of nitrogens with one attached hydrogen (secondary N) is 1. The summed E-state index contributed by atoms with van der Waals surface area (Å²) in [7, 11) is 1.28. The first-order valence-electron chi connectivity index (χ1n) is 5.06. The van der Waals surface area contributed by atoms with Crippen LogP contribution in [0.2, 0.25) is 0 Å². The molecule has 14 heavy (non-hydrogen) atoms. The highest BCUT2D eigenvalue weighted by atomic mass is 16.5. The number of rotatable bonds is 4. The van der Waals surface area contributed by atoms with E-state index in [1.807, 2.05) is 0 Å². The van der Waals surface area contributed by atoms with Gasteiger partial charge in [0.1, 0.15) is 6.42 Å². The Morgan fingerprint density at radius 1 is 1.36 bits per heavy atom. The van der Waals surface area contributed by atoms with Crippen LogP contribution in [0.15, 0.2) is 0 Å². The first-order chi connectivity index (χ1) is 6.72. The molecule has 1 aliphatic rings. The lowest BCUT2D eigenvalue weighted by atomic mass is 10.1. The summed E-state index contributed by atoms with van der Waals surface area (Å²) in [6, 6.07) is 0. The van der Waals surface area contributed by atoms with Crippen molar-refractivity contribution in [2.75, 3.05) is 13.7 Å². The molecule has 4 heteroatoms. The Morgan fingerprint density at radius 3 is 2.57 bits per heavy atom. The van der Waals surface area contributed by atoms with E-state index in [1.54, 1.807) is 0 Å². The molecule has 0 atom stereocenters. The van der Waals surface area contributed by atoms with Gasteiger partial charge in [-0.15, -0.1) is 0 Å². The van der Waals surface area contributed by atoms with Crippen LogP contribution in [0, 0.1) is 5.92 Å². The molecule has 0 aromatic rings. The smallest absolute Gasteiger partial charge is 0.315 e. The van der Waals surface area contributed by atoms with Gasteiger partial charge in [0, 0.05) is 6.54 Å². The van der Waals surface area contributed by atoms with Gasteiger partial charge in [0.2, 0.25) is 5.91 Å². The fourth-order valence-corrected chi connectivity index (χ4v) is 1.74. The lowest BCUT2D eigenvalue weighted by molar-refractivity contribution is -0.143. The van der Waals surface area contributed by atoms with E-state index < -0.39 is 5.97 Å². The Kier molecular flexibility index (Phi) is 4.43. The van der Waals surface area contributed by atoms with Crippen LogP contribution in [0.4, 0.5) is 0 Å². The van der Waals surface area contributed by atoms with Crippen molar-refractivity contribution < 1.29 is 14.3 Å². The molecule has 0 heterocycles. The molecule has 0 radical (unpaired) electrons. The van der Waals surface area contributed by atoms with Crippen LogP contribution in [0.5, 0.6) is 0 Å². The van der Waals surface area contributed by atoms with Gasteiger partial charge in [0.05, 0.1) is 7.11 Å². The fourth-order valence-electron chi connectivity index (χ4n) is 1.74. The molecule has 0 aromatic heterocycles. The van der Waals surface area contributed by atoms with Crippen LogP contribution in [-0.4, -0.2) is 25.5 Å². The summed E-state index contributed by atoms with van der Waals surface area (Å²) in [4.78, 5) is 21.9. The maximum Gasteiger partial charge on any atom is 0.315 e. The van der Waals surface area contributed by atoms with Crippen molar-refractivity contribution >= 4 is 11.9 Å². The molecule has 0 bridgehead atoms. The molecule has 1 rings (SSSR count). The van der Waals surface area contributed by atoms with Crippen LogP contribution >= 0.6 is 0 Å². The highest BCUT2D eigenvalue weighted by Crippen LogP contribution is 2.23. The van der Waals surface area contributed by atoms with E-state index in [0.29, 0.717) is 12.5 Å². The molecule has 80 valence electrons. The van der Waals surface area contributed by atoms with Crippen molar-refractivity contribution in [1.82, 2.24) is 5.32 Å². The zero-order chi connectivity index (χ0) is 10.4. The summed E-state index contributed by atoms with van der Waals surface area (Å²) in [6.45, 7) is 0.704. The summed E-state index contributed by atoms with van der Waals surface area (Å²) < 4.78 is 4.39. The number of hydrogen-bond acceptors (Lipinski definition) is 3. The highest BCUT2D eigenvalue weighted by Gasteiger charge is 2.16. The number of methoxy groups -OCH3 is 1. The molecule has 1 aliphatic carbocycles. The summed E-state index contributed by atoms with van der Waals surface area (Å²) in [5, 5.41) is 2.75. The SMILES string of the molecule is COC(=O)CC(=O)NCC1CCCC1. The third-order valence-electron chi connectivity index (χ3n) is 2.60. The lowest BCUT2D eigenvalue weighted by Gasteiger charge is -2.09. The molecular weight excluding hydrogens is 182 g/mol. The minimum Gasteiger partial charge on any atom is -0.469 e. The van der Waals surface area contributed by atoms with Gasteiger partial charge in [-0.25, -0.2) is 0 Å². The molecular formula is C10H17NO3. The van der Waals surface area contributed by atoms with Gasteiger partial charge in [-0.2, -0.15) is 0 Å². The Hall–Kier alpha value is -1.06. The van der Waals surface area contributed by atoms with Crippen molar-refractivity contribution in [1.29, 1.82) is 0 Å². The Morgan fingerprint density at radius 2 is 2.00 bits per heavy atom. The number of amides is 1. The quantitative estimate of drug-likeness (QED) is 0.539. The molecule has 1 saturated carbocycles. The molecule has 1 fully saturated rings. The topological polar surface area (TPSA) is 55.4 Å². The van der Waals surface area contributed by atoms with Crippen LogP contribution in [0.25, 0.3) is 0 Å². The summed E-state index contributed by atoms with van der Waals surface area (Å²) in [5.41, 5.74) is 0. The molecule has 0 spiro atoms. The zero-order valence-corrected chi connectivity index (χ0v) is 8.54. The van der Waals surface area contributed by atoms with Crippen LogP contribution < -0.4 is 5.32 Å². The third kappa shape index (κ3) is 3.77. The van der Waals surface area contributed by atoms with Crippen LogP contribution in [-0.2, 0) is 14.3 Å². The summed E-state index contributed by atoms with van der Waals surface area (Å²) >= 11 is 0. The summed E-state index contributed by atoms with van der Waals surface area (Å²) in [5.74, 6) is -0.103. The second-order valence-corrected chi connectivity index (χ2v) is 3.71.